The van der Waals surface area contributed by atoms with Crippen LogP contribution in [0.5, 0.6) is 5.75 Å². The van der Waals surface area contributed by atoms with E-state index in [-0.39, 0.29) is 43.7 Å². The van der Waals surface area contributed by atoms with Crippen LogP contribution < -0.4 is 15.4 Å². The van der Waals surface area contributed by atoms with E-state index in [9.17, 15) is 27.2 Å². The van der Waals surface area contributed by atoms with Crippen molar-refractivity contribution in [1.29, 1.82) is 0 Å². The molecule has 0 radical (unpaired) electrons. The van der Waals surface area contributed by atoms with Gasteiger partial charge in [0.15, 0.2) is 17.4 Å². The summed E-state index contributed by atoms with van der Waals surface area (Å²) in [5, 5.41) is 9.77. The Morgan fingerprint density at radius 3 is 2.73 bits per heavy atom. The number of alkyl halides is 3. The maximum Gasteiger partial charge on any atom is 0.411 e. The Morgan fingerprint density at radius 2 is 2.03 bits per heavy atom. The average molecular weight is 520 g/mol. The SMILES string of the molecule is CCOc1cc(-n2nc(NC(=O)[C@@H]3CNC(=O)C3)cc2-c2cccc(COCC(F)(F)F)c2)ccc1F. The van der Waals surface area contributed by atoms with E-state index in [0.29, 0.717) is 22.5 Å². The highest BCUT2D eigenvalue weighted by Crippen LogP contribution is 2.30. The molecule has 0 unspecified atom stereocenters. The highest BCUT2D eigenvalue weighted by atomic mass is 19.4. The molecule has 0 spiro atoms. The molecule has 1 aliphatic heterocycles. The number of amides is 2. The molecule has 37 heavy (non-hydrogen) atoms. The van der Waals surface area contributed by atoms with Crippen LogP contribution in [0.2, 0.25) is 0 Å². The van der Waals surface area contributed by atoms with Crippen molar-refractivity contribution in [3.05, 3.63) is 59.9 Å². The van der Waals surface area contributed by atoms with Crippen molar-refractivity contribution in [2.24, 2.45) is 5.92 Å². The fourth-order valence-electron chi connectivity index (χ4n) is 3.86. The molecule has 0 bridgehead atoms. The van der Waals surface area contributed by atoms with Crippen LogP contribution in [-0.2, 0) is 20.9 Å². The van der Waals surface area contributed by atoms with Crippen LogP contribution in [0.4, 0.5) is 23.4 Å². The minimum atomic E-state index is -4.44. The molecule has 2 aromatic carbocycles. The molecule has 1 aliphatic rings. The van der Waals surface area contributed by atoms with Crippen molar-refractivity contribution in [3.8, 4) is 22.7 Å². The third-order valence-corrected chi connectivity index (χ3v) is 5.53. The number of hydrogen-bond acceptors (Lipinski definition) is 5. The summed E-state index contributed by atoms with van der Waals surface area (Å²) in [6, 6.07) is 12.4. The molecule has 2 heterocycles. The second kappa shape index (κ2) is 11.0. The molecule has 2 N–H and O–H groups in total. The zero-order valence-electron chi connectivity index (χ0n) is 19.8. The number of benzene rings is 2. The minimum absolute atomic E-state index is 0.0110. The predicted octanol–water partition coefficient (Wildman–Crippen LogP) is 4.23. The topological polar surface area (TPSA) is 94.5 Å². The normalized spacial score (nSPS) is 15.5. The summed E-state index contributed by atoms with van der Waals surface area (Å²) >= 11 is 0. The second-order valence-electron chi connectivity index (χ2n) is 8.38. The summed E-state index contributed by atoms with van der Waals surface area (Å²) in [6.07, 6.45) is -4.38. The Morgan fingerprint density at radius 1 is 1.22 bits per heavy atom. The number of halogens is 4. The molecule has 0 saturated carbocycles. The third-order valence-electron chi connectivity index (χ3n) is 5.53. The molecule has 2 amide bonds. The van der Waals surface area contributed by atoms with Gasteiger partial charge in [-0.15, -0.1) is 5.10 Å². The van der Waals surface area contributed by atoms with Crippen LogP contribution in [0.1, 0.15) is 18.9 Å². The monoisotopic (exact) mass is 520 g/mol. The van der Waals surface area contributed by atoms with Gasteiger partial charge in [0.25, 0.3) is 0 Å². The van der Waals surface area contributed by atoms with E-state index < -0.39 is 30.4 Å². The highest BCUT2D eigenvalue weighted by molar-refractivity contribution is 5.97. The molecule has 8 nitrogen and oxygen atoms in total. The maximum atomic E-state index is 14.2. The van der Waals surface area contributed by atoms with E-state index >= 15 is 0 Å². The number of ether oxygens (including phenoxy) is 2. The Hall–Kier alpha value is -3.93. The predicted molar refractivity (Wildman–Crippen MR) is 126 cm³/mol. The van der Waals surface area contributed by atoms with E-state index in [0.717, 1.165) is 0 Å². The summed E-state index contributed by atoms with van der Waals surface area (Å²) in [4.78, 5) is 24.1. The molecule has 1 saturated heterocycles. The van der Waals surface area contributed by atoms with Crippen LogP contribution in [0.3, 0.4) is 0 Å². The molecule has 196 valence electrons. The van der Waals surface area contributed by atoms with Crippen LogP contribution >= 0.6 is 0 Å². The zero-order valence-corrected chi connectivity index (χ0v) is 19.8. The fraction of sp³-hybridized carbons (Fsp3) is 0.320. The van der Waals surface area contributed by atoms with Crippen LogP contribution in [0, 0.1) is 11.7 Å². The summed E-state index contributed by atoms with van der Waals surface area (Å²) in [5.41, 5.74) is 1.96. The first-order valence-electron chi connectivity index (χ1n) is 11.5. The van der Waals surface area contributed by atoms with Gasteiger partial charge in [-0.2, -0.15) is 13.2 Å². The van der Waals surface area contributed by atoms with Gasteiger partial charge in [0.2, 0.25) is 11.8 Å². The van der Waals surface area contributed by atoms with E-state index in [1.807, 2.05) is 0 Å². The van der Waals surface area contributed by atoms with Crippen LogP contribution in [0.15, 0.2) is 48.5 Å². The molecule has 1 aromatic heterocycles. The standard InChI is InChI=1S/C25H24F4N4O4/c1-2-37-21-10-18(6-7-19(21)26)33-20(11-22(32-33)31-24(35)17-9-23(34)30-12-17)16-5-3-4-15(8-16)13-36-14-25(27,28)29/h3-8,10-11,17H,2,9,12-14H2,1H3,(H,30,34)(H,31,32,35)/t17-/m0/s1. The molecular formula is C25H24F4N4O4. The molecule has 1 fully saturated rings. The first kappa shape index (κ1) is 26.1. The van der Waals surface area contributed by atoms with Gasteiger partial charge in [-0.3, -0.25) is 9.59 Å². The summed E-state index contributed by atoms with van der Waals surface area (Å²) in [6.45, 7) is 0.530. The van der Waals surface area contributed by atoms with Crippen molar-refractivity contribution in [2.45, 2.75) is 26.1 Å². The zero-order chi connectivity index (χ0) is 26.6. The Bertz CT molecular complexity index is 1290. The first-order chi connectivity index (χ1) is 17.6. The number of carbonyl (C=O) groups excluding carboxylic acids is 2. The van der Waals surface area contributed by atoms with Gasteiger partial charge in [-0.05, 0) is 30.7 Å². The molecule has 1 atom stereocenters. The molecule has 0 aliphatic carbocycles. The maximum absolute atomic E-state index is 14.2. The molecular weight excluding hydrogens is 496 g/mol. The van der Waals surface area contributed by atoms with Crippen molar-refractivity contribution in [1.82, 2.24) is 15.1 Å². The lowest BCUT2D eigenvalue weighted by Gasteiger charge is -2.12. The number of rotatable bonds is 9. The first-order valence-corrected chi connectivity index (χ1v) is 11.5. The van der Waals surface area contributed by atoms with Gasteiger partial charge in [-0.1, -0.05) is 18.2 Å². The lowest BCUT2D eigenvalue weighted by Crippen LogP contribution is -2.24. The lowest BCUT2D eigenvalue weighted by molar-refractivity contribution is -0.176. The van der Waals surface area contributed by atoms with E-state index in [1.165, 1.54) is 22.9 Å². The van der Waals surface area contributed by atoms with Crippen molar-refractivity contribution in [3.63, 3.8) is 0 Å². The Kier molecular flexibility index (Phi) is 7.77. The fourth-order valence-corrected chi connectivity index (χ4v) is 3.86. The number of nitrogens with zero attached hydrogens (tertiary/aromatic N) is 2. The highest BCUT2D eigenvalue weighted by Gasteiger charge is 2.29. The van der Waals surface area contributed by atoms with Gasteiger partial charge >= 0.3 is 6.18 Å². The molecule has 3 aromatic rings. The quantitative estimate of drug-likeness (QED) is 0.412. The van der Waals surface area contributed by atoms with Gasteiger partial charge < -0.3 is 20.1 Å². The van der Waals surface area contributed by atoms with Crippen molar-refractivity contribution >= 4 is 17.6 Å². The minimum Gasteiger partial charge on any atom is -0.491 e. The van der Waals surface area contributed by atoms with Gasteiger partial charge in [-0.25, -0.2) is 9.07 Å². The summed E-state index contributed by atoms with van der Waals surface area (Å²) in [7, 11) is 0. The second-order valence-corrected chi connectivity index (χ2v) is 8.38. The number of aromatic nitrogens is 2. The van der Waals surface area contributed by atoms with Gasteiger partial charge in [0.1, 0.15) is 6.61 Å². The van der Waals surface area contributed by atoms with Crippen molar-refractivity contribution < 1.29 is 36.6 Å². The molecule has 4 rings (SSSR count). The molecule has 12 heteroatoms. The van der Waals surface area contributed by atoms with E-state index in [2.05, 4.69) is 15.7 Å². The van der Waals surface area contributed by atoms with Gasteiger partial charge in [0.05, 0.1) is 30.5 Å². The lowest BCUT2D eigenvalue weighted by atomic mass is 10.1. The number of hydrogen-bond donors (Lipinski definition) is 2. The van der Waals surface area contributed by atoms with E-state index in [4.69, 9.17) is 9.47 Å². The van der Waals surface area contributed by atoms with Gasteiger partial charge in [0, 0.05) is 30.7 Å². The Balaban J connectivity index is 1.68. The van der Waals surface area contributed by atoms with Crippen LogP contribution in [-0.4, -0.2) is 47.5 Å². The van der Waals surface area contributed by atoms with Crippen molar-refractivity contribution in [2.75, 3.05) is 25.1 Å². The largest absolute Gasteiger partial charge is 0.491 e. The van der Waals surface area contributed by atoms with E-state index in [1.54, 1.807) is 37.3 Å². The number of nitrogens with one attached hydrogen (secondary N) is 2. The number of carbonyl (C=O) groups is 2. The third kappa shape index (κ3) is 6.64. The van der Waals surface area contributed by atoms with Crippen LogP contribution in [0.25, 0.3) is 16.9 Å². The summed E-state index contributed by atoms with van der Waals surface area (Å²) < 4.78 is 63.2. The Labute approximate surface area is 209 Å². The summed E-state index contributed by atoms with van der Waals surface area (Å²) in [5.74, 6) is -1.53. The average Bonchev–Trinajstić information content (AvgIpc) is 3.46. The number of anilines is 1. The smallest absolute Gasteiger partial charge is 0.411 e.